The first-order chi connectivity index (χ1) is 9.04. The molecule has 0 saturated heterocycles. The zero-order chi connectivity index (χ0) is 14.3. The maximum absolute atomic E-state index is 11.3. The van der Waals surface area contributed by atoms with Crippen molar-refractivity contribution in [3.8, 4) is 0 Å². The van der Waals surface area contributed by atoms with Gasteiger partial charge >= 0.3 is 11.9 Å². The largest absolute Gasteiger partial charge is 0.479 e. The van der Waals surface area contributed by atoms with E-state index >= 15 is 0 Å². The second-order valence-electron chi connectivity index (χ2n) is 3.91. The average Bonchev–Trinajstić information content (AvgIpc) is 2.37. The lowest BCUT2D eigenvalue weighted by atomic mass is 10.1. The zero-order valence-electron chi connectivity index (χ0n) is 10.9. The van der Waals surface area contributed by atoms with Crippen LogP contribution < -0.4 is 5.32 Å². The van der Waals surface area contributed by atoms with E-state index in [-0.39, 0.29) is 6.61 Å². The fraction of sp³-hybridized carbons (Fsp3) is 0.286. The van der Waals surface area contributed by atoms with Crippen molar-refractivity contribution in [1.82, 2.24) is 5.32 Å². The minimum absolute atomic E-state index is 0.281. The molecule has 102 valence electrons. The van der Waals surface area contributed by atoms with Crippen LogP contribution in [-0.4, -0.2) is 23.7 Å². The maximum Gasteiger partial charge on any atom is 0.332 e. The highest BCUT2D eigenvalue weighted by Gasteiger charge is 2.19. The number of aliphatic carboxylic acids is 1. The van der Waals surface area contributed by atoms with Gasteiger partial charge in [0.05, 0.1) is 6.61 Å². The number of rotatable bonds is 6. The number of benzene rings is 1. The second kappa shape index (κ2) is 7.20. The average molecular weight is 263 g/mol. The van der Waals surface area contributed by atoms with Crippen LogP contribution >= 0.6 is 0 Å². The molecule has 0 fully saturated rings. The van der Waals surface area contributed by atoms with Crippen LogP contribution in [0.4, 0.5) is 0 Å². The second-order valence-corrected chi connectivity index (χ2v) is 3.91. The molecule has 0 radical (unpaired) electrons. The molecule has 0 spiro atoms. The fourth-order valence-corrected chi connectivity index (χ4v) is 1.56. The Labute approximate surface area is 111 Å². The van der Waals surface area contributed by atoms with Crippen LogP contribution in [0.1, 0.15) is 25.5 Å². The molecule has 0 saturated carbocycles. The van der Waals surface area contributed by atoms with Gasteiger partial charge in [-0.1, -0.05) is 30.3 Å². The fourth-order valence-electron chi connectivity index (χ4n) is 1.56. The van der Waals surface area contributed by atoms with Crippen molar-refractivity contribution >= 4 is 11.9 Å². The van der Waals surface area contributed by atoms with Crippen molar-refractivity contribution in [3.63, 3.8) is 0 Å². The van der Waals surface area contributed by atoms with Gasteiger partial charge < -0.3 is 15.2 Å². The number of hydrogen-bond acceptors (Lipinski definition) is 4. The Morgan fingerprint density at radius 3 is 2.53 bits per heavy atom. The highest BCUT2D eigenvalue weighted by atomic mass is 16.5. The summed E-state index contributed by atoms with van der Waals surface area (Å²) in [6.07, 6.45) is 1.24. The summed E-state index contributed by atoms with van der Waals surface area (Å²) in [5.74, 6) is -1.51. The van der Waals surface area contributed by atoms with Crippen LogP contribution in [0.25, 0.3) is 0 Å². The SMILES string of the molecule is CCOC(=O)/C=C(\C)N[C@@H](C(=O)O)c1ccccc1. The van der Waals surface area contributed by atoms with E-state index in [1.807, 2.05) is 6.07 Å². The summed E-state index contributed by atoms with van der Waals surface area (Å²) in [5, 5.41) is 12.0. The number of allylic oxidation sites excluding steroid dienone is 1. The van der Waals surface area contributed by atoms with Crippen LogP contribution in [0.3, 0.4) is 0 Å². The number of hydrogen-bond donors (Lipinski definition) is 2. The summed E-state index contributed by atoms with van der Waals surface area (Å²) in [4.78, 5) is 22.5. The molecule has 0 aliphatic carbocycles. The molecular weight excluding hydrogens is 246 g/mol. The predicted octanol–water partition coefficient (Wildman–Crippen LogP) is 1.87. The van der Waals surface area contributed by atoms with Crippen LogP contribution in [-0.2, 0) is 14.3 Å². The van der Waals surface area contributed by atoms with E-state index in [0.717, 1.165) is 0 Å². The molecule has 0 aliphatic heterocycles. The molecule has 5 heteroatoms. The normalized spacial score (nSPS) is 12.6. The molecule has 0 amide bonds. The van der Waals surface area contributed by atoms with Gasteiger partial charge in [0.25, 0.3) is 0 Å². The highest BCUT2D eigenvalue weighted by molar-refractivity contribution is 5.83. The number of carboxylic acids is 1. The molecule has 0 unspecified atom stereocenters. The molecule has 0 aromatic heterocycles. The number of carboxylic acid groups (broad SMARTS) is 1. The van der Waals surface area contributed by atoms with Crippen molar-refractivity contribution in [2.24, 2.45) is 0 Å². The van der Waals surface area contributed by atoms with E-state index in [1.54, 1.807) is 38.1 Å². The van der Waals surface area contributed by atoms with Crippen molar-refractivity contribution in [1.29, 1.82) is 0 Å². The summed E-state index contributed by atoms with van der Waals surface area (Å²) < 4.78 is 4.76. The Bertz CT molecular complexity index is 468. The molecule has 1 rings (SSSR count). The molecule has 0 bridgehead atoms. The first kappa shape index (κ1) is 14.8. The summed E-state index contributed by atoms with van der Waals surface area (Å²) in [5.41, 5.74) is 1.06. The topological polar surface area (TPSA) is 75.6 Å². The molecule has 5 nitrogen and oxygen atoms in total. The lowest BCUT2D eigenvalue weighted by Crippen LogP contribution is -2.27. The number of carbonyl (C=O) groups excluding carboxylic acids is 1. The van der Waals surface area contributed by atoms with Gasteiger partial charge in [0.15, 0.2) is 0 Å². The molecule has 0 heterocycles. The van der Waals surface area contributed by atoms with E-state index in [0.29, 0.717) is 11.3 Å². The minimum Gasteiger partial charge on any atom is -0.479 e. The number of nitrogens with one attached hydrogen (secondary N) is 1. The van der Waals surface area contributed by atoms with E-state index in [9.17, 15) is 14.7 Å². The van der Waals surface area contributed by atoms with Crippen LogP contribution in [0, 0.1) is 0 Å². The quantitative estimate of drug-likeness (QED) is 0.605. The monoisotopic (exact) mass is 263 g/mol. The summed E-state index contributed by atoms with van der Waals surface area (Å²) in [7, 11) is 0. The molecule has 1 atom stereocenters. The first-order valence-electron chi connectivity index (χ1n) is 5.94. The van der Waals surface area contributed by atoms with Gasteiger partial charge in [-0.25, -0.2) is 9.59 Å². The predicted molar refractivity (Wildman–Crippen MR) is 70.3 cm³/mol. The van der Waals surface area contributed by atoms with Gasteiger partial charge in [0, 0.05) is 11.8 Å². The van der Waals surface area contributed by atoms with Gasteiger partial charge in [-0.2, -0.15) is 0 Å². The molecular formula is C14H17NO4. The van der Waals surface area contributed by atoms with Crippen molar-refractivity contribution in [2.75, 3.05) is 6.61 Å². The van der Waals surface area contributed by atoms with Crippen molar-refractivity contribution < 1.29 is 19.4 Å². The standard InChI is InChI=1S/C14H17NO4/c1-3-19-12(16)9-10(2)15-13(14(17)18)11-7-5-4-6-8-11/h4-9,13,15H,3H2,1-2H3,(H,17,18)/b10-9+/t13-/m1/s1. The van der Waals surface area contributed by atoms with Crippen LogP contribution in [0.15, 0.2) is 42.1 Å². The van der Waals surface area contributed by atoms with Gasteiger partial charge in [0.1, 0.15) is 6.04 Å². The highest BCUT2D eigenvalue weighted by Crippen LogP contribution is 2.14. The van der Waals surface area contributed by atoms with Crippen LogP contribution in [0.5, 0.6) is 0 Å². The van der Waals surface area contributed by atoms with E-state index < -0.39 is 18.0 Å². The number of esters is 1. The smallest absolute Gasteiger partial charge is 0.332 e. The number of ether oxygens (including phenoxy) is 1. The molecule has 1 aromatic rings. The third-order valence-corrected chi connectivity index (χ3v) is 2.37. The lowest BCUT2D eigenvalue weighted by molar-refractivity contribution is -0.140. The Morgan fingerprint density at radius 2 is 2.00 bits per heavy atom. The Balaban J connectivity index is 2.81. The van der Waals surface area contributed by atoms with Gasteiger partial charge in [-0.3, -0.25) is 0 Å². The lowest BCUT2D eigenvalue weighted by Gasteiger charge is -2.16. The molecule has 0 aliphatic rings. The number of carbonyl (C=O) groups is 2. The Kier molecular flexibility index (Phi) is 5.60. The van der Waals surface area contributed by atoms with E-state index in [2.05, 4.69) is 5.32 Å². The molecule has 1 aromatic carbocycles. The molecule has 19 heavy (non-hydrogen) atoms. The van der Waals surface area contributed by atoms with Gasteiger partial charge in [-0.15, -0.1) is 0 Å². The van der Waals surface area contributed by atoms with Gasteiger partial charge in [-0.05, 0) is 19.4 Å². The molecule has 2 N–H and O–H groups in total. The minimum atomic E-state index is -1.01. The van der Waals surface area contributed by atoms with E-state index in [4.69, 9.17) is 4.74 Å². The van der Waals surface area contributed by atoms with Crippen molar-refractivity contribution in [2.45, 2.75) is 19.9 Å². The van der Waals surface area contributed by atoms with Crippen LogP contribution in [0.2, 0.25) is 0 Å². The zero-order valence-corrected chi connectivity index (χ0v) is 10.9. The maximum atomic E-state index is 11.3. The first-order valence-corrected chi connectivity index (χ1v) is 5.94. The Hall–Kier alpha value is -2.30. The summed E-state index contributed by atoms with van der Waals surface area (Å²) in [6.45, 7) is 3.61. The van der Waals surface area contributed by atoms with E-state index in [1.165, 1.54) is 6.08 Å². The van der Waals surface area contributed by atoms with Crippen molar-refractivity contribution in [3.05, 3.63) is 47.7 Å². The summed E-state index contributed by atoms with van der Waals surface area (Å²) in [6, 6.07) is 7.86. The third-order valence-electron chi connectivity index (χ3n) is 2.37. The summed E-state index contributed by atoms with van der Waals surface area (Å²) >= 11 is 0. The Morgan fingerprint density at radius 1 is 1.37 bits per heavy atom. The van der Waals surface area contributed by atoms with Gasteiger partial charge in [0.2, 0.25) is 0 Å². The third kappa shape index (κ3) is 4.83.